The molecule has 0 bridgehead atoms. The third-order valence-corrected chi connectivity index (χ3v) is 15.9. The van der Waals surface area contributed by atoms with Crippen LogP contribution >= 0.6 is 24.7 Å². The van der Waals surface area contributed by atoms with Crippen molar-refractivity contribution >= 4 is 45.8 Å². The molecule has 0 spiro atoms. The quantitative estimate of drug-likeness (QED) is 0.329. The molecule has 0 unspecified atom stereocenters. The zero-order valence-electron chi connectivity index (χ0n) is 19.7. The smallest absolute Gasteiger partial charge is 0.144 e. The van der Waals surface area contributed by atoms with E-state index in [2.05, 4.69) is 133 Å². The summed E-state index contributed by atoms with van der Waals surface area (Å²) in [5.74, 6) is 0. The van der Waals surface area contributed by atoms with Gasteiger partial charge in [-0.1, -0.05) is 135 Å². The zero-order chi connectivity index (χ0) is 23.0. The Bertz CT molecular complexity index is 967. The van der Waals surface area contributed by atoms with Crippen LogP contribution < -0.4 is 15.9 Å². The fraction of sp³-hybridized carbons (Fsp3) is 0.296. The minimum Gasteiger partial charge on any atom is -0.255 e. The second-order valence-electron chi connectivity index (χ2n) is 7.58. The largest absolute Gasteiger partial charge is 0.255 e. The van der Waals surface area contributed by atoms with Crippen LogP contribution in [0.3, 0.4) is 0 Å². The number of rotatable bonds is 9. The third kappa shape index (κ3) is 4.88. The van der Waals surface area contributed by atoms with Gasteiger partial charge in [0.25, 0.3) is 0 Å². The van der Waals surface area contributed by atoms with Crippen molar-refractivity contribution in [1.82, 2.24) is 9.34 Å². The Morgan fingerprint density at radius 3 is 1.09 bits per heavy atom. The van der Waals surface area contributed by atoms with E-state index in [0.29, 0.717) is 0 Å². The van der Waals surface area contributed by atoms with Crippen molar-refractivity contribution in [1.29, 1.82) is 0 Å². The molecule has 0 radical (unpaired) electrons. The minimum absolute atomic E-state index is 0.898. The number of halogens is 1. The Labute approximate surface area is 199 Å². The van der Waals surface area contributed by atoms with E-state index in [4.69, 9.17) is 11.2 Å². The van der Waals surface area contributed by atoms with E-state index in [1.165, 1.54) is 15.9 Å². The Kier molecular flexibility index (Phi) is 9.10. The Morgan fingerprint density at radius 2 is 0.844 bits per heavy atom. The molecule has 0 aliphatic carbocycles. The maximum Gasteiger partial charge on any atom is 0.144 e. The molecule has 0 aliphatic heterocycles. The number of hydrogen-bond donors (Lipinski definition) is 0. The maximum absolute atomic E-state index is 7.79. The molecule has 3 aromatic rings. The molecule has 0 saturated carbocycles. The van der Waals surface area contributed by atoms with Crippen LogP contribution in [-0.4, -0.2) is 40.7 Å². The normalized spacial score (nSPS) is 12.2. The first kappa shape index (κ1) is 25.1. The van der Waals surface area contributed by atoms with E-state index in [-0.39, 0.29) is 0 Å². The fourth-order valence-corrected chi connectivity index (χ4v) is 15.1. The van der Waals surface area contributed by atoms with Crippen LogP contribution in [0.4, 0.5) is 0 Å². The topological polar surface area (TPSA) is 6.48 Å². The van der Waals surface area contributed by atoms with Crippen molar-refractivity contribution in [2.45, 2.75) is 27.7 Å². The highest BCUT2D eigenvalue weighted by Gasteiger charge is 2.32. The highest BCUT2D eigenvalue weighted by atomic mass is 35.7. The predicted octanol–water partition coefficient (Wildman–Crippen LogP) is 6.30. The van der Waals surface area contributed by atoms with Crippen LogP contribution in [0, 0.1) is 0 Å². The molecule has 5 heteroatoms. The van der Waals surface area contributed by atoms with Gasteiger partial charge < -0.3 is 0 Å². The lowest BCUT2D eigenvalue weighted by Crippen LogP contribution is -2.32. The molecule has 0 N–H and O–H groups in total. The van der Waals surface area contributed by atoms with Gasteiger partial charge in [-0.05, 0) is 15.9 Å². The summed E-state index contributed by atoms with van der Waals surface area (Å²) in [7, 11) is 0. The zero-order valence-corrected chi connectivity index (χ0v) is 22.2. The Morgan fingerprint density at radius 1 is 0.562 bits per heavy atom. The first-order valence-corrected chi connectivity index (χ1v) is 15.9. The van der Waals surface area contributed by atoms with E-state index in [1.54, 1.807) is 0 Å². The standard InChI is InChI=1S/C27H35ClN2P2/c1-5-29(6-2)32(28,30(7-3)8-4)24-31(25-18-12-9-13-19-25,26-20-14-10-15-21-26)27-22-16-11-17-23-27/h9-23H,5-8H2,1-4H3. The third-order valence-electron chi connectivity index (χ3n) is 5.92. The van der Waals surface area contributed by atoms with E-state index in [9.17, 15) is 0 Å². The molecule has 0 heterocycles. The lowest BCUT2D eigenvalue weighted by atomic mass is 10.4. The van der Waals surface area contributed by atoms with Crippen molar-refractivity contribution in [2.24, 2.45) is 0 Å². The summed E-state index contributed by atoms with van der Waals surface area (Å²) >= 11 is 7.79. The second kappa shape index (κ2) is 11.6. The summed E-state index contributed by atoms with van der Waals surface area (Å²) in [6, 6.07) is 32.6. The van der Waals surface area contributed by atoms with Crippen LogP contribution in [0.25, 0.3) is 0 Å². The molecular weight excluding hydrogens is 450 g/mol. The molecule has 2 nitrogen and oxygen atoms in total. The molecule has 0 amide bonds. The van der Waals surface area contributed by atoms with E-state index < -0.39 is 13.4 Å². The average Bonchev–Trinajstić information content (AvgIpc) is 2.85. The van der Waals surface area contributed by atoms with Crippen LogP contribution in [0.1, 0.15) is 27.7 Å². The van der Waals surface area contributed by atoms with Gasteiger partial charge in [0.2, 0.25) is 0 Å². The summed E-state index contributed by atoms with van der Waals surface area (Å²) in [4.78, 5) is 0. The first-order chi connectivity index (χ1) is 15.6. The van der Waals surface area contributed by atoms with Crippen LogP contribution in [0.2, 0.25) is 0 Å². The highest BCUT2D eigenvalue weighted by molar-refractivity contribution is 8.06. The maximum atomic E-state index is 7.79. The second-order valence-corrected chi connectivity index (χ2v) is 14.9. The average molecular weight is 485 g/mol. The summed E-state index contributed by atoms with van der Waals surface area (Å²) in [5.41, 5.74) is 0. The first-order valence-electron chi connectivity index (χ1n) is 11.5. The van der Waals surface area contributed by atoms with Gasteiger partial charge in [0.05, 0.1) is 0 Å². The number of nitrogens with zero attached hydrogens (tertiary/aromatic N) is 2. The van der Waals surface area contributed by atoms with Crippen molar-refractivity contribution in [2.75, 3.05) is 26.2 Å². The monoisotopic (exact) mass is 484 g/mol. The van der Waals surface area contributed by atoms with E-state index in [0.717, 1.165) is 26.2 Å². The summed E-state index contributed by atoms with van der Waals surface area (Å²) in [6.07, 6.45) is 0. The molecule has 0 aromatic heterocycles. The van der Waals surface area contributed by atoms with Gasteiger partial charge in [-0.25, -0.2) is 0 Å². The van der Waals surface area contributed by atoms with Crippen LogP contribution in [-0.2, 0) is 0 Å². The molecule has 0 saturated heterocycles. The van der Waals surface area contributed by atoms with Gasteiger partial charge in [-0.3, -0.25) is 9.34 Å². The SMILES string of the molecule is CCN(CC)P(Cl)(=C=P(c1ccccc1)(c1ccccc1)c1ccccc1)N(CC)CC. The van der Waals surface area contributed by atoms with Gasteiger partial charge >= 0.3 is 0 Å². The minimum atomic E-state index is -2.37. The van der Waals surface area contributed by atoms with Gasteiger partial charge in [0, 0.05) is 33.1 Å². The number of hydrogen-bond acceptors (Lipinski definition) is 2. The van der Waals surface area contributed by atoms with Gasteiger partial charge in [-0.15, -0.1) is 0 Å². The van der Waals surface area contributed by atoms with Crippen molar-refractivity contribution in [3.8, 4) is 0 Å². The van der Waals surface area contributed by atoms with Crippen molar-refractivity contribution in [3.05, 3.63) is 91.0 Å². The van der Waals surface area contributed by atoms with Crippen LogP contribution in [0.5, 0.6) is 0 Å². The molecule has 0 aliphatic rings. The van der Waals surface area contributed by atoms with Crippen LogP contribution in [0.15, 0.2) is 91.0 Å². The van der Waals surface area contributed by atoms with Gasteiger partial charge in [0.1, 0.15) is 6.54 Å². The molecule has 170 valence electrons. The lowest BCUT2D eigenvalue weighted by Gasteiger charge is -2.39. The van der Waals surface area contributed by atoms with E-state index in [1.807, 2.05) is 0 Å². The molecular formula is C27H35ClN2P2. The van der Waals surface area contributed by atoms with Crippen molar-refractivity contribution in [3.63, 3.8) is 0 Å². The molecule has 0 atom stereocenters. The molecule has 32 heavy (non-hydrogen) atoms. The number of benzene rings is 3. The lowest BCUT2D eigenvalue weighted by molar-refractivity contribution is 0.431. The van der Waals surface area contributed by atoms with E-state index >= 15 is 0 Å². The van der Waals surface area contributed by atoms with Gasteiger partial charge in [-0.2, -0.15) is 0 Å². The molecule has 3 aromatic carbocycles. The Balaban J connectivity index is 2.69. The Hall–Kier alpha value is -1.49. The molecule has 0 fully saturated rings. The summed E-state index contributed by atoms with van der Waals surface area (Å²) in [6.45, 7) is 7.80. The molecule has 3 rings (SSSR count). The van der Waals surface area contributed by atoms with Crippen molar-refractivity contribution < 1.29 is 0 Å². The predicted molar refractivity (Wildman–Crippen MR) is 149 cm³/mol. The van der Waals surface area contributed by atoms with Gasteiger partial charge in [0.15, 0.2) is 0 Å². The fourth-order valence-electron chi connectivity index (χ4n) is 4.27. The highest BCUT2D eigenvalue weighted by Crippen LogP contribution is 2.61. The summed E-state index contributed by atoms with van der Waals surface area (Å²) < 4.78 is 4.87. The summed E-state index contributed by atoms with van der Waals surface area (Å²) in [5, 5.41) is 8.12.